The molecule has 0 saturated heterocycles. The fourth-order valence-corrected chi connectivity index (χ4v) is 7.02. The summed E-state index contributed by atoms with van der Waals surface area (Å²) in [7, 11) is 0. The summed E-state index contributed by atoms with van der Waals surface area (Å²) in [6.45, 7) is 5.08. The van der Waals surface area contributed by atoms with Crippen LogP contribution in [0, 0.1) is 5.92 Å². The normalized spacial score (nSPS) is 23.1. The van der Waals surface area contributed by atoms with Gasteiger partial charge in [0, 0.05) is 23.1 Å². The first-order chi connectivity index (χ1) is 22.1. The van der Waals surface area contributed by atoms with Crippen molar-refractivity contribution < 1.29 is 14.6 Å². The van der Waals surface area contributed by atoms with Crippen LogP contribution in [0.25, 0.3) is 22.9 Å². The fourth-order valence-electron chi connectivity index (χ4n) is 7.02. The highest BCUT2D eigenvalue weighted by Gasteiger charge is 2.37. The van der Waals surface area contributed by atoms with Crippen LogP contribution in [-0.4, -0.2) is 33.9 Å². The molecule has 0 amide bonds. The number of fused-ring (bicyclic) bond motifs is 5. The Morgan fingerprint density at radius 1 is 1.00 bits per heavy atom. The lowest BCUT2D eigenvalue weighted by Gasteiger charge is -2.23. The van der Waals surface area contributed by atoms with E-state index in [1.54, 1.807) is 6.08 Å². The maximum absolute atomic E-state index is 10.9. The number of rotatable bonds is 10. The zero-order chi connectivity index (χ0) is 30.8. The van der Waals surface area contributed by atoms with Crippen molar-refractivity contribution in [1.29, 1.82) is 0 Å². The smallest absolute Gasteiger partial charge is 0.217 e. The highest BCUT2D eigenvalue weighted by molar-refractivity contribution is 5.81. The second kappa shape index (κ2) is 13.0. The molecule has 4 aliphatic rings. The summed E-state index contributed by atoms with van der Waals surface area (Å²) in [5, 5.41) is 10.9. The van der Waals surface area contributed by atoms with Crippen LogP contribution in [-0.2, 0) is 6.42 Å². The molecule has 7 rings (SSSR count). The number of aromatic nitrogens is 2. The van der Waals surface area contributed by atoms with Crippen molar-refractivity contribution in [3.05, 3.63) is 119 Å². The van der Waals surface area contributed by atoms with Gasteiger partial charge >= 0.3 is 0 Å². The maximum Gasteiger partial charge on any atom is 0.217 e. The molecule has 1 aromatic heterocycles. The second-order valence-electron chi connectivity index (χ2n) is 12.6. The third-order valence-corrected chi connectivity index (χ3v) is 9.62. The number of hydrogen-bond donors (Lipinski definition) is 1. The number of aliphatic hydroxyl groups excluding tert-OH is 1. The predicted molar refractivity (Wildman–Crippen MR) is 181 cm³/mol. The molecule has 0 spiro atoms. The lowest BCUT2D eigenvalue weighted by molar-refractivity contribution is 0.199. The van der Waals surface area contributed by atoms with Gasteiger partial charge in [0.15, 0.2) is 0 Å². The highest BCUT2D eigenvalue weighted by Crippen LogP contribution is 2.50. The molecule has 2 aromatic carbocycles. The summed E-state index contributed by atoms with van der Waals surface area (Å²) < 4.78 is 13.1. The average Bonchev–Trinajstić information content (AvgIpc) is 3.46. The standard InChI is InChI=1S/C40H42N2O3/c1-3-5-13-26(4-2)25-44-38-24-34(41-40(42-38)31-18-11-12-19-35(31)43)33-23-37-39(30-17-10-9-16-29(30)33)32-21-20-28(22-36(32)45-37)27-14-7-6-8-15-27/h6-8,10-12,14-15,17-24,26,31-32,35-36,43H,3-5,9,13,16,25H2,1-2H3. The van der Waals surface area contributed by atoms with Crippen LogP contribution >= 0.6 is 0 Å². The maximum atomic E-state index is 10.9. The Labute approximate surface area is 266 Å². The van der Waals surface area contributed by atoms with Gasteiger partial charge in [-0.05, 0) is 59.6 Å². The van der Waals surface area contributed by atoms with Gasteiger partial charge in [0.05, 0.1) is 24.3 Å². The number of aliphatic hydroxyl groups is 1. The molecule has 1 aliphatic heterocycles. The summed E-state index contributed by atoms with van der Waals surface area (Å²) >= 11 is 0. The van der Waals surface area contributed by atoms with E-state index >= 15 is 0 Å². The molecule has 0 fully saturated rings. The van der Waals surface area contributed by atoms with E-state index < -0.39 is 6.10 Å². The first-order valence-electron chi connectivity index (χ1n) is 16.7. The van der Waals surface area contributed by atoms with Crippen LogP contribution in [0.1, 0.15) is 85.9 Å². The van der Waals surface area contributed by atoms with E-state index in [1.807, 2.05) is 30.4 Å². The minimum absolute atomic E-state index is 0.0573. The Bertz CT molecular complexity index is 1700. The first-order valence-corrected chi connectivity index (χ1v) is 16.7. The summed E-state index contributed by atoms with van der Waals surface area (Å²) in [5.41, 5.74) is 8.05. The largest absolute Gasteiger partial charge is 0.485 e. The molecule has 3 aliphatic carbocycles. The molecule has 5 unspecified atom stereocenters. The van der Waals surface area contributed by atoms with Gasteiger partial charge in [-0.25, -0.2) is 4.98 Å². The number of hydrogen-bond acceptors (Lipinski definition) is 5. The van der Waals surface area contributed by atoms with Gasteiger partial charge in [-0.15, -0.1) is 0 Å². The minimum atomic E-state index is -0.688. The molecule has 230 valence electrons. The van der Waals surface area contributed by atoms with Crippen molar-refractivity contribution in [2.45, 2.75) is 76.4 Å². The van der Waals surface area contributed by atoms with Crippen LogP contribution in [0.4, 0.5) is 0 Å². The Morgan fingerprint density at radius 2 is 1.87 bits per heavy atom. The topological polar surface area (TPSA) is 64.5 Å². The van der Waals surface area contributed by atoms with Crippen LogP contribution in [0.5, 0.6) is 11.6 Å². The number of nitrogens with zero attached hydrogens (tertiary/aromatic N) is 2. The first kappa shape index (κ1) is 29.5. The molecule has 3 aromatic rings. The molecule has 0 saturated carbocycles. The number of ether oxygens (including phenoxy) is 2. The lowest BCUT2D eigenvalue weighted by atomic mass is 9.80. The van der Waals surface area contributed by atoms with E-state index in [9.17, 15) is 5.11 Å². The third-order valence-electron chi connectivity index (χ3n) is 9.62. The molecule has 5 atom stereocenters. The van der Waals surface area contributed by atoms with Crippen LogP contribution in [0.2, 0.25) is 0 Å². The molecular weight excluding hydrogens is 556 g/mol. The third kappa shape index (κ3) is 5.94. The van der Waals surface area contributed by atoms with Gasteiger partial charge in [-0.1, -0.05) is 112 Å². The van der Waals surface area contributed by atoms with Crippen molar-refractivity contribution in [2.75, 3.05) is 6.61 Å². The van der Waals surface area contributed by atoms with Crippen molar-refractivity contribution in [3.8, 4) is 22.9 Å². The van der Waals surface area contributed by atoms with E-state index in [2.05, 4.69) is 74.6 Å². The van der Waals surface area contributed by atoms with Gasteiger partial charge in [-0.3, -0.25) is 0 Å². The Kier molecular flexibility index (Phi) is 8.53. The molecule has 0 bridgehead atoms. The average molecular weight is 599 g/mol. The Hall–Kier alpha value is -4.22. The van der Waals surface area contributed by atoms with Gasteiger partial charge < -0.3 is 14.6 Å². The molecular formula is C40H42N2O3. The van der Waals surface area contributed by atoms with Gasteiger partial charge in [-0.2, -0.15) is 4.98 Å². The molecule has 0 radical (unpaired) electrons. The quantitative estimate of drug-likeness (QED) is 0.253. The fraction of sp³-hybridized carbons (Fsp3) is 0.350. The summed E-state index contributed by atoms with van der Waals surface area (Å²) in [5.74, 6) is 2.36. The zero-order valence-electron chi connectivity index (χ0n) is 26.2. The van der Waals surface area contributed by atoms with Gasteiger partial charge in [0.25, 0.3) is 0 Å². The second-order valence-corrected chi connectivity index (χ2v) is 12.6. The van der Waals surface area contributed by atoms with Crippen molar-refractivity contribution >= 4 is 11.6 Å². The van der Waals surface area contributed by atoms with Gasteiger partial charge in [0.2, 0.25) is 5.88 Å². The molecule has 2 heterocycles. The molecule has 45 heavy (non-hydrogen) atoms. The summed E-state index contributed by atoms with van der Waals surface area (Å²) in [6, 6.07) is 14.7. The van der Waals surface area contributed by atoms with E-state index in [0.29, 0.717) is 24.2 Å². The number of benzene rings is 2. The molecule has 5 nitrogen and oxygen atoms in total. The lowest BCUT2D eigenvalue weighted by Crippen LogP contribution is -2.20. The van der Waals surface area contributed by atoms with Crippen LogP contribution in [0.3, 0.4) is 0 Å². The zero-order valence-corrected chi connectivity index (χ0v) is 26.2. The van der Waals surface area contributed by atoms with Crippen LogP contribution < -0.4 is 9.47 Å². The minimum Gasteiger partial charge on any atom is -0.485 e. The Morgan fingerprint density at radius 3 is 2.69 bits per heavy atom. The van der Waals surface area contributed by atoms with Crippen molar-refractivity contribution in [3.63, 3.8) is 0 Å². The number of unbranched alkanes of at least 4 members (excludes halogenated alkanes) is 1. The summed E-state index contributed by atoms with van der Waals surface area (Å²) in [4.78, 5) is 9.97. The monoisotopic (exact) mass is 598 g/mol. The van der Waals surface area contributed by atoms with E-state index in [-0.39, 0.29) is 17.9 Å². The van der Waals surface area contributed by atoms with E-state index in [1.165, 1.54) is 40.7 Å². The SMILES string of the molecule is CCCCC(CC)COc1cc(-c2cc3c(c4c2CCC=C4)C2C=CC(c4ccccc4)=CC2O3)nc(C2C=CC=CC2O)n1. The molecule has 5 heteroatoms. The predicted octanol–water partition coefficient (Wildman–Crippen LogP) is 8.77. The van der Waals surface area contributed by atoms with Crippen molar-refractivity contribution in [2.24, 2.45) is 5.92 Å². The van der Waals surface area contributed by atoms with E-state index in [0.717, 1.165) is 42.7 Å². The van der Waals surface area contributed by atoms with Gasteiger partial charge in [0.1, 0.15) is 17.7 Å². The van der Waals surface area contributed by atoms with Crippen molar-refractivity contribution in [1.82, 2.24) is 9.97 Å². The molecule has 1 N–H and O–H groups in total. The summed E-state index contributed by atoms with van der Waals surface area (Å²) in [6.07, 6.45) is 24.7. The highest BCUT2D eigenvalue weighted by atomic mass is 16.5. The van der Waals surface area contributed by atoms with Crippen LogP contribution in [0.15, 0.2) is 91.1 Å². The van der Waals surface area contributed by atoms with E-state index in [4.69, 9.17) is 19.4 Å². The Balaban J connectivity index is 1.28. The number of allylic oxidation sites excluding steroid dienone is 5.